The number of nitro benzene ring substituents is 1. The zero-order valence-corrected chi connectivity index (χ0v) is 11.3. The summed E-state index contributed by atoms with van der Waals surface area (Å²) >= 11 is 0. The number of carbonyl (C=O) groups excluding carboxylic acids is 1. The Morgan fingerprint density at radius 1 is 1.14 bits per heavy atom. The number of nitrogens with one attached hydrogen (secondary N) is 1. The highest BCUT2D eigenvalue weighted by Crippen LogP contribution is 2.10. The van der Waals surface area contributed by atoms with Crippen molar-refractivity contribution < 1.29 is 9.72 Å². The van der Waals surface area contributed by atoms with Crippen LogP contribution in [-0.4, -0.2) is 17.0 Å². The Morgan fingerprint density at radius 3 is 2.33 bits per heavy atom. The molecule has 0 aliphatic heterocycles. The molecule has 21 heavy (non-hydrogen) atoms. The molecule has 0 heterocycles. The van der Waals surface area contributed by atoms with Gasteiger partial charge in [0, 0.05) is 17.7 Å². The highest BCUT2D eigenvalue weighted by atomic mass is 16.6. The summed E-state index contributed by atoms with van der Waals surface area (Å²) in [6.07, 6.45) is 1.43. The number of non-ortho nitro benzene ring substituents is 1. The van der Waals surface area contributed by atoms with Crippen molar-refractivity contribution in [2.24, 2.45) is 5.10 Å². The predicted octanol–water partition coefficient (Wildman–Crippen LogP) is 2.67. The standard InChI is InChI=1S/C15H13N3O3/c1-11-2-6-13(7-3-11)15(19)17-16-10-12-4-8-14(9-5-12)18(20)21/h2-10H,1H3,(H,17,19). The smallest absolute Gasteiger partial charge is 0.267 e. The lowest BCUT2D eigenvalue weighted by atomic mass is 10.1. The molecular weight excluding hydrogens is 270 g/mol. The van der Waals surface area contributed by atoms with Gasteiger partial charge in [-0.2, -0.15) is 5.10 Å². The van der Waals surface area contributed by atoms with E-state index < -0.39 is 4.92 Å². The molecule has 0 atom stereocenters. The second-order valence-electron chi connectivity index (χ2n) is 4.41. The normalized spacial score (nSPS) is 10.5. The van der Waals surface area contributed by atoms with Gasteiger partial charge in [-0.25, -0.2) is 5.43 Å². The molecule has 2 aromatic carbocycles. The summed E-state index contributed by atoms with van der Waals surface area (Å²) in [5.41, 5.74) is 4.65. The topological polar surface area (TPSA) is 84.6 Å². The first-order valence-electron chi connectivity index (χ1n) is 6.21. The maximum atomic E-state index is 11.8. The summed E-state index contributed by atoms with van der Waals surface area (Å²) in [5.74, 6) is -0.312. The van der Waals surface area contributed by atoms with Crippen molar-refractivity contribution in [2.45, 2.75) is 6.92 Å². The molecule has 6 heteroatoms. The van der Waals surface area contributed by atoms with Crippen molar-refractivity contribution in [1.82, 2.24) is 5.43 Å². The first kappa shape index (κ1) is 14.4. The van der Waals surface area contributed by atoms with Gasteiger partial charge in [0.2, 0.25) is 0 Å². The van der Waals surface area contributed by atoms with Crippen LogP contribution >= 0.6 is 0 Å². The number of hydrogen-bond acceptors (Lipinski definition) is 4. The van der Waals surface area contributed by atoms with Crippen LogP contribution in [0, 0.1) is 17.0 Å². The van der Waals surface area contributed by atoms with Crippen LogP contribution in [0.1, 0.15) is 21.5 Å². The largest absolute Gasteiger partial charge is 0.271 e. The van der Waals surface area contributed by atoms with Gasteiger partial charge in [0.05, 0.1) is 11.1 Å². The summed E-state index contributed by atoms with van der Waals surface area (Å²) in [4.78, 5) is 21.8. The highest BCUT2D eigenvalue weighted by Gasteiger charge is 2.04. The molecule has 0 aromatic heterocycles. The van der Waals surface area contributed by atoms with Crippen LogP contribution in [0.5, 0.6) is 0 Å². The summed E-state index contributed by atoms with van der Waals surface area (Å²) in [5, 5.41) is 14.3. The van der Waals surface area contributed by atoms with E-state index in [0.29, 0.717) is 11.1 Å². The van der Waals surface area contributed by atoms with Gasteiger partial charge >= 0.3 is 0 Å². The van der Waals surface area contributed by atoms with Crippen molar-refractivity contribution in [3.8, 4) is 0 Å². The monoisotopic (exact) mass is 283 g/mol. The molecule has 0 aliphatic rings. The van der Waals surface area contributed by atoms with E-state index in [1.54, 1.807) is 24.3 Å². The van der Waals surface area contributed by atoms with E-state index in [1.165, 1.54) is 18.3 Å². The van der Waals surface area contributed by atoms with Crippen molar-refractivity contribution in [1.29, 1.82) is 0 Å². The van der Waals surface area contributed by atoms with Crippen LogP contribution in [-0.2, 0) is 0 Å². The third-order valence-corrected chi connectivity index (χ3v) is 2.80. The first-order valence-corrected chi connectivity index (χ1v) is 6.21. The Bertz CT molecular complexity index is 676. The van der Waals surface area contributed by atoms with E-state index in [1.807, 2.05) is 19.1 Å². The van der Waals surface area contributed by atoms with Gasteiger partial charge in [-0.15, -0.1) is 0 Å². The number of hydrazone groups is 1. The molecule has 2 aromatic rings. The van der Waals surface area contributed by atoms with Crippen LogP contribution in [0.15, 0.2) is 53.6 Å². The average molecular weight is 283 g/mol. The van der Waals surface area contributed by atoms with Crippen molar-refractivity contribution in [3.05, 3.63) is 75.3 Å². The summed E-state index contributed by atoms with van der Waals surface area (Å²) < 4.78 is 0. The number of nitro groups is 1. The minimum atomic E-state index is -0.472. The lowest BCUT2D eigenvalue weighted by Gasteiger charge is -2.00. The van der Waals surface area contributed by atoms with Gasteiger partial charge in [-0.1, -0.05) is 17.7 Å². The van der Waals surface area contributed by atoms with Crippen LogP contribution in [0.2, 0.25) is 0 Å². The Hall–Kier alpha value is -3.02. The molecule has 1 amide bonds. The number of hydrogen-bond donors (Lipinski definition) is 1. The Morgan fingerprint density at radius 2 is 1.76 bits per heavy atom. The second kappa shape index (κ2) is 6.42. The van der Waals surface area contributed by atoms with Crippen LogP contribution in [0.3, 0.4) is 0 Å². The zero-order valence-electron chi connectivity index (χ0n) is 11.3. The Kier molecular flexibility index (Phi) is 4.40. The molecule has 0 unspecified atom stereocenters. The fourth-order valence-corrected chi connectivity index (χ4v) is 1.62. The third kappa shape index (κ3) is 3.97. The summed E-state index contributed by atoms with van der Waals surface area (Å²) in [7, 11) is 0. The fourth-order valence-electron chi connectivity index (χ4n) is 1.62. The molecule has 6 nitrogen and oxygen atoms in total. The second-order valence-corrected chi connectivity index (χ2v) is 4.41. The number of rotatable bonds is 4. The van der Waals surface area contributed by atoms with Gasteiger partial charge < -0.3 is 0 Å². The molecule has 0 fully saturated rings. The molecule has 0 radical (unpaired) electrons. The molecule has 0 bridgehead atoms. The fraction of sp³-hybridized carbons (Fsp3) is 0.0667. The van der Waals surface area contributed by atoms with Crippen molar-refractivity contribution >= 4 is 17.8 Å². The first-order chi connectivity index (χ1) is 10.1. The molecule has 0 saturated carbocycles. The van der Waals surface area contributed by atoms with Crippen molar-refractivity contribution in [3.63, 3.8) is 0 Å². The third-order valence-electron chi connectivity index (χ3n) is 2.80. The number of amides is 1. The van der Waals surface area contributed by atoms with E-state index in [9.17, 15) is 14.9 Å². The highest BCUT2D eigenvalue weighted by molar-refractivity contribution is 5.94. The Labute approximate surface area is 121 Å². The van der Waals surface area contributed by atoms with Crippen molar-refractivity contribution in [2.75, 3.05) is 0 Å². The van der Waals surface area contributed by atoms with E-state index in [0.717, 1.165) is 5.56 Å². The molecule has 0 spiro atoms. The molecule has 106 valence electrons. The number of benzene rings is 2. The van der Waals surface area contributed by atoms with Gasteiger partial charge in [-0.3, -0.25) is 14.9 Å². The predicted molar refractivity (Wildman–Crippen MR) is 79.3 cm³/mol. The van der Waals surface area contributed by atoms with Gasteiger partial charge in [-0.05, 0) is 36.8 Å². The molecule has 0 saturated heterocycles. The van der Waals surface area contributed by atoms with E-state index in [4.69, 9.17) is 0 Å². The van der Waals surface area contributed by atoms with Crippen LogP contribution < -0.4 is 5.43 Å². The lowest BCUT2D eigenvalue weighted by Crippen LogP contribution is -2.17. The van der Waals surface area contributed by atoms with E-state index in [-0.39, 0.29) is 11.6 Å². The zero-order chi connectivity index (χ0) is 15.2. The minimum Gasteiger partial charge on any atom is -0.267 e. The van der Waals surface area contributed by atoms with Crippen LogP contribution in [0.25, 0.3) is 0 Å². The summed E-state index contributed by atoms with van der Waals surface area (Å²) in [6, 6.07) is 13.0. The van der Waals surface area contributed by atoms with Crippen LogP contribution in [0.4, 0.5) is 5.69 Å². The Balaban J connectivity index is 1.97. The number of nitrogens with zero attached hydrogens (tertiary/aromatic N) is 2. The molecule has 0 aliphatic carbocycles. The van der Waals surface area contributed by atoms with Gasteiger partial charge in [0.15, 0.2) is 0 Å². The number of carbonyl (C=O) groups is 1. The maximum absolute atomic E-state index is 11.8. The molecular formula is C15H13N3O3. The SMILES string of the molecule is Cc1ccc(C(=O)NN=Cc2ccc([N+](=O)[O-])cc2)cc1. The quantitative estimate of drug-likeness (QED) is 0.532. The van der Waals surface area contributed by atoms with E-state index in [2.05, 4.69) is 10.5 Å². The van der Waals surface area contributed by atoms with Gasteiger partial charge in [0.25, 0.3) is 11.6 Å². The maximum Gasteiger partial charge on any atom is 0.271 e. The van der Waals surface area contributed by atoms with Gasteiger partial charge in [0.1, 0.15) is 0 Å². The number of aryl methyl sites for hydroxylation is 1. The molecule has 2 rings (SSSR count). The average Bonchev–Trinajstić information content (AvgIpc) is 2.48. The summed E-state index contributed by atoms with van der Waals surface area (Å²) in [6.45, 7) is 1.94. The lowest BCUT2D eigenvalue weighted by molar-refractivity contribution is -0.384. The molecule has 1 N–H and O–H groups in total. The van der Waals surface area contributed by atoms with E-state index >= 15 is 0 Å². The minimum absolute atomic E-state index is 0.0100.